The molecule has 6 aromatic rings. The maximum Gasteiger partial charge on any atom is 0.265 e. The molecule has 39 heavy (non-hydrogen) atoms. The van der Waals surface area contributed by atoms with E-state index in [4.69, 9.17) is 13.9 Å². The summed E-state index contributed by atoms with van der Waals surface area (Å²) in [7, 11) is 0. The second kappa shape index (κ2) is 7.27. The summed E-state index contributed by atoms with van der Waals surface area (Å²) in [5, 5.41) is 4.78. The maximum absolute atomic E-state index is 6.81. The van der Waals surface area contributed by atoms with Crippen LogP contribution in [0.5, 0.6) is 23.0 Å². The van der Waals surface area contributed by atoms with E-state index < -0.39 is 0 Å². The van der Waals surface area contributed by atoms with E-state index in [1.54, 1.807) is 0 Å². The van der Waals surface area contributed by atoms with E-state index in [1.807, 2.05) is 0 Å². The van der Waals surface area contributed by atoms with Crippen molar-refractivity contribution in [3.05, 3.63) is 89.5 Å². The normalized spacial score (nSPS) is 15.1. The van der Waals surface area contributed by atoms with Crippen molar-refractivity contribution in [2.24, 2.45) is 0 Å². The maximum atomic E-state index is 6.81. The number of benzene rings is 5. The lowest BCUT2D eigenvalue weighted by Crippen LogP contribution is -2.57. The third-order valence-electron chi connectivity index (χ3n) is 9.08. The highest BCUT2D eigenvalue weighted by molar-refractivity contribution is 6.99. The Balaban J connectivity index is 1.40. The second-order valence-electron chi connectivity index (χ2n) is 12.4. The Morgan fingerprint density at radius 3 is 2.46 bits per heavy atom. The van der Waals surface area contributed by atoms with Crippen LogP contribution in [0, 0.1) is 0 Å². The largest absolute Gasteiger partial charge is 0.458 e. The molecule has 3 aliphatic rings. The summed E-state index contributed by atoms with van der Waals surface area (Å²) in [6.07, 6.45) is 3.48. The van der Waals surface area contributed by atoms with Crippen molar-refractivity contribution in [3.63, 3.8) is 0 Å². The van der Waals surface area contributed by atoms with Crippen LogP contribution in [-0.2, 0) is 18.3 Å². The van der Waals surface area contributed by atoms with Gasteiger partial charge in [-0.2, -0.15) is 0 Å². The Labute approximate surface area is 227 Å². The Hall–Kier alpha value is -4.18. The highest BCUT2D eigenvalue weighted by Crippen LogP contribution is 2.43. The zero-order valence-corrected chi connectivity index (χ0v) is 22.4. The number of fused-ring (bicyclic) bond motifs is 12. The number of hydrogen-bond acceptors (Lipinski definition) is 3. The fourth-order valence-electron chi connectivity index (χ4n) is 7.16. The van der Waals surface area contributed by atoms with Gasteiger partial charge in [0.15, 0.2) is 0 Å². The van der Waals surface area contributed by atoms with E-state index in [-0.39, 0.29) is 12.1 Å². The minimum Gasteiger partial charge on any atom is -0.458 e. The van der Waals surface area contributed by atoms with E-state index in [9.17, 15) is 0 Å². The minimum absolute atomic E-state index is 0.0431. The minimum atomic E-state index is -0.0455. The first-order chi connectivity index (χ1) is 19.0. The van der Waals surface area contributed by atoms with Crippen molar-refractivity contribution in [2.45, 2.75) is 45.4 Å². The molecule has 9 rings (SSSR count). The molecular formula is C35H27BO3. The van der Waals surface area contributed by atoms with Crippen LogP contribution in [0.2, 0.25) is 0 Å². The van der Waals surface area contributed by atoms with Gasteiger partial charge in [-0.1, -0.05) is 63.2 Å². The first kappa shape index (κ1) is 21.7. The van der Waals surface area contributed by atoms with E-state index in [0.717, 1.165) is 68.8 Å². The van der Waals surface area contributed by atoms with Crippen molar-refractivity contribution in [1.29, 1.82) is 0 Å². The third-order valence-corrected chi connectivity index (χ3v) is 9.08. The smallest absolute Gasteiger partial charge is 0.265 e. The van der Waals surface area contributed by atoms with Gasteiger partial charge in [-0.05, 0) is 82.5 Å². The zero-order valence-electron chi connectivity index (χ0n) is 22.4. The molecule has 0 bridgehead atoms. The predicted octanol–water partition coefficient (Wildman–Crippen LogP) is 7.25. The number of rotatable bonds is 0. The van der Waals surface area contributed by atoms with Crippen LogP contribution < -0.4 is 25.9 Å². The summed E-state index contributed by atoms with van der Waals surface area (Å²) in [5.74, 6) is 3.56. The van der Waals surface area contributed by atoms with Gasteiger partial charge in [-0.25, -0.2) is 0 Å². The van der Waals surface area contributed by atoms with Gasteiger partial charge in [0.25, 0.3) is 6.71 Å². The van der Waals surface area contributed by atoms with Crippen molar-refractivity contribution < 1.29 is 13.9 Å². The molecule has 0 saturated carbocycles. The van der Waals surface area contributed by atoms with Crippen molar-refractivity contribution in [2.75, 3.05) is 0 Å². The summed E-state index contributed by atoms with van der Waals surface area (Å²) >= 11 is 0. The SMILES string of the molecule is CC(C)(C)c1cc2c3c(c1)Oc1c(ccc4ccccc14)B3c1c(ccc3c1oc1ccc4c(c13)CCC4)O2. The molecule has 0 saturated heterocycles. The summed E-state index contributed by atoms with van der Waals surface area (Å²) in [6.45, 7) is 6.66. The van der Waals surface area contributed by atoms with Gasteiger partial charge >= 0.3 is 0 Å². The van der Waals surface area contributed by atoms with Crippen LogP contribution in [0.4, 0.5) is 0 Å². The van der Waals surface area contributed by atoms with Gasteiger partial charge < -0.3 is 13.9 Å². The quantitative estimate of drug-likeness (QED) is 0.203. The molecule has 0 fully saturated rings. The monoisotopic (exact) mass is 506 g/mol. The van der Waals surface area contributed by atoms with Crippen LogP contribution in [0.3, 0.4) is 0 Å². The molecule has 0 unspecified atom stereocenters. The Morgan fingerprint density at radius 2 is 1.59 bits per heavy atom. The van der Waals surface area contributed by atoms with Crippen LogP contribution in [0.1, 0.15) is 43.9 Å². The Bertz CT molecular complexity index is 2040. The fraction of sp³-hybridized carbons (Fsp3) is 0.200. The first-order valence-corrected chi connectivity index (χ1v) is 14.0. The topological polar surface area (TPSA) is 31.6 Å². The molecule has 3 nitrogen and oxygen atoms in total. The van der Waals surface area contributed by atoms with Gasteiger partial charge in [-0.3, -0.25) is 0 Å². The number of ether oxygens (including phenoxy) is 2. The number of hydrogen-bond donors (Lipinski definition) is 0. The molecule has 5 aromatic carbocycles. The van der Waals surface area contributed by atoms with E-state index in [0.29, 0.717) is 0 Å². The molecule has 1 aromatic heterocycles. The van der Waals surface area contributed by atoms with Crippen LogP contribution in [-0.4, -0.2) is 6.71 Å². The van der Waals surface area contributed by atoms with Crippen LogP contribution >= 0.6 is 0 Å². The van der Waals surface area contributed by atoms with Gasteiger partial charge in [0.05, 0.1) is 0 Å². The molecule has 0 N–H and O–H groups in total. The summed E-state index contributed by atoms with van der Waals surface area (Å²) in [4.78, 5) is 0. The van der Waals surface area contributed by atoms with E-state index >= 15 is 0 Å². The molecule has 2 aliphatic heterocycles. The Morgan fingerprint density at radius 1 is 0.744 bits per heavy atom. The van der Waals surface area contributed by atoms with Crippen LogP contribution in [0.15, 0.2) is 77.2 Å². The van der Waals surface area contributed by atoms with E-state index in [2.05, 4.69) is 93.6 Å². The molecule has 4 heteroatoms. The Kier molecular flexibility index (Phi) is 4.05. The van der Waals surface area contributed by atoms with Crippen LogP contribution in [0.25, 0.3) is 32.7 Å². The highest BCUT2D eigenvalue weighted by atomic mass is 16.5. The number of aryl methyl sites for hydroxylation is 2. The molecule has 0 spiro atoms. The molecule has 0 amide bonds. The van der Waals surface area contributed by atoms with Gasteiger partial charge in [0.1, 0.15) is 34.2 Å². The first-order valence-electron chi connectivity index (χ1n) is 14.0. The molecular weight excluding hydrogens is 479 g/mol. The van der Waals surface area contributed by atoms with Crippen molar-refractivity contribution in [3.8, 4) is 23.0 Å². The average molecular weight is 506 g/mol. The van der Waals surface area contributed by atoms with E-state index in [1.165, 1.54) is 39.3 Å². The number of furan rings is 1. The lowest BCUT2D eigenvalue weighted by atomic mass is 9.34. The summed E-state index contributed by atoms with van der Waals surface area (Å²) < 4.78 is 20.3. The van der Waals surface area contributed by atoms with Crippen molar-refractivity contribution in [1.82, 2.24) is 0 Å². The lowest BCUT2D eigenvalue weighted by Gasteiger charge is -2.35. The molecule has 3 heterocycles. The van der Waals surface area contributed by atoms with Gasteiger partial charge in [0.2, 0.25) is 0 Å². The zero-order chi connectivity index (χ0) is 26.0. The second-order valence-corrected chi connectivity index (χ2v) is 12.4. The highest BCUT2D eigenvalue weighted by Gasteiger charge is 2.43. The average Bonchev–Trinajstić information content (AvgIpc) is 3.56. The summed E-state index contributed by atoms with van der Waals surface area (Å²) in [6, 6.07) is 26.2. The molecule has 188 valence electrons. The predicted molar refractivity (Wildman–Crippen MR) is 160 cm³/mol. The molecule has 1 aliphatic carbocycles. The van der Waals surface area contributed by atoms with Gasteiger partial charge in [0, 0.05) is 27.1 Å². The lowest BCUT2D eigenvalue weighted by molar-refractivity contribution is 0.460. The fourth-order valence-corrected chi connectivity index (χ4v) is 7.16. The van der Waals surface area contributed by atoms with Crippen molar-refractivity contribution >= 4 is 55.8 Å². The van der Waals surface area contributed by atoms with Gasteiger partial charge in [-0.15, -0.1) is 0 Å². The third kappa shape index (κ3) is 2.84. The molecule has 0 atom stereocenters. The summed E-state index contributed by atoms with van der Waals surface area (Å²) in [5.41, 5.74) is 9.34. The standard InChI is InChI=1S/C35H27BO3/c1-35(2,3)21-17-28-31-29(18-21)39-33-23-9-5-4-7-20(23)11-14-25(33)36(31)32-27(37-28)16-13-24-30-22-10-6-8-19(22)12-15-26(30)38-34(24)32/h4-5,7,9,11-18H,6,8,10H2,1-3H3. The molecule has 0 radical (unpaired) electrons.